The largest absolute Gasteiger partial charge is 0.468 e. The molecule has 116 valence electrons. The van der Waals surface area contributed by atoms with E-state index in [4.69, 9.17) is 16.3 Å². The van der Waals surface area contributed by atoms with Crippen LogP contribution in [0.15, 0.2) is 30.5 Å². The van der Waals surface area contributed by atoms with Gasteiger partial charge in [-0.25, -0.2) is 0 Å². The van der Waals surface area contributed by atoms with Crippen molar-refractivity contribution in [2.24, 2.45) is 0 Å². The third kappa shape index (κ3) is 3.15. The molecule has 0 N–H and O–H groups in total. The number of pyridine rings is 1. The van der Waals surface area contributed by atoms with Crippen molar-refractivity contribution in [3.8, 4) is 0 Å². The number of rotatable bonds is 3. The topological polar surface area (TPSA) is 45.7 Å². The van der Waals surface area contributed by atoms with E-state index in [-0.39, 0.29) is 5.97 Å². The molecule has 0 radical (unpaired) electrons. The van der Waals surface area contributed by atoms with Crippen LogP contribution in [0.1, 0.15) is 0 Å². The molecule has 0 saturated carbocycles. The van der Waals surface area contributed by atoms with Gasteiger partial charge in [0.05, 0.1) is 19.2 Å². The number of hydrogen-bond acceptors (Lipinski definition) is 5. The van der Waals surface area contributed by atoms with E-state index in [0.29, 0.717) is 11.6 Å². The van der Waals surface area contributed by atoms with Crippen molar-refractivity contribution in [3.05, 3.63) is 35.5 Å². The maximum absolute atomic E-state index is 11.3. The summed E-state index contributed by atoms with van der Waals surface area (Å²) in [7, 11) is 1.42. The predicted octanol–water partition coefficient (Wildman–Crippen LogP) is 2.18. The first kappa shape index (κ1) is 15.1. The number of esters is 1. The molecule has 0 aliphatic carbocycles. The summed E-state index contributed by atoms with van der Waals surface area (Å²) in [6.07, 6.45) is 1.83. The molecule has 2 aromatic rings. The number of halogens is 1. The van der Waals surface area contributed by atoms with Gasteiger partial charge in [-0.05, 0) is 24.3 Å². The Hall–Kier alpha value is -1.85. The fourth-order valence-electron chi connectivity index (χ4n) is 2.77. The molecule has 1 aromatic carbocycles. The number of ether oxygens (including phenoxy) is 1. The van der Waals surface area contributed by atoms with E-state index in [1.165, 1.54) is 7.11 Å². The second kappa shape index (κ2) is 6.50. The molecule has 3 rings (SSSR count). The van der Waals surface area contributed by atoms with E-state index in [1.54, 1.807) is 0 Å². The minimum atomic E-state index is -0.186. The standard InChI is InChI=1S/C16H18ClN3O2/c1-22-16(21)11-19-6-8-20(9-7-19)15-4-5-18-14-3-2-12(17)10-13(14)15/h2-5,10H,6-9,11H2,1H3. The molecule has 5 nitrogen and oxygen atoms in total. The molecule has 0 bridgehead atoms. The molecular weight excluding hydrogens is 302 g/mol. The summed E-state index contributed by atoms with van der Waals surface area (Å²) in [6.45, 7) is 3.75. The summed E-state index contributed by atoms with van der Waals surface area (Å²) >= 11 is 6.12. The quantitative estimate of drug-likeness (QED) is 0.812. The summed E-state index contributed by atoms with van der Waals surface area (Å²) in [4.78, 5) is 20.2. The van der Waals surface area contributed by atoms with E-state index >= 15 is 0 Å². The van der Waals surface area contributed by atoms with Crippen molar-refractivity contribution in [3.63, 3.8) is 0 Å². The van der Waals surface area contributed by atoms with Crippen molar-refractivity contribution in [1.29, 1.82) is 0 Å². The number of benzene rings is 1. The maximum atomic E-state index is 11.3. The number of aromatic nitrogens is 1. The van der Waals surface area contributed by atoms with Gasteiger partial charge in [0.25, 0.3) is 0 Å². The van der Waals surface area contributed by atoms with Crippen LogP contribution in [0.25, 0.3) is 10.9 Å². The van der Waals surface area contributed by atoms with Gasteiger partial charge in [-0.15, -0.1) is 0 Å². The zero-order chi connectivity index (χ0) is 15.5. The summed E-state index contributed by atoms with van der Waals surface area (Å²) in [5.41, 5.74) is 2.09. The first-order valence-corrected chi connectivity index (χ1v) is 7.63. The van der Waals surface area contributed by atoms with Crippen LogP contribution in [0.4, 0.5) is 5.69 Å². The van der Waals surface area contributed by atoms with Crippen molar-refractivity contribution in [2.75, 3.05) is 44.7 Å². The molecule has 6 heteroatoms. The van der Waals surface area contributed by atoms with Crippen LogP contribution >= 0.6 is 11.6 Å². The van der Waals surface area contributed by atoms with Crippen molar-refractivity contribution in [1.82, 2.24) is 9.88 Å². The SMILES string of the molecule is COC(=O)CN1CCN(c2ccnc3ccc(Cl)cc23)CC1. The Balaban J connectivity index is 1.76. The third-order valence-corrected chi connectivity index (χ3v) is 4.21. The number of piperazine rings is 1. The van der Waals surface area contributed by atoms with Crippen molar-refractivity contribution >= 4 is 34.2 Å². The fraction of sp³-hybridized carbons (Fsp3) is 0.375. The highest BCUT2D eigenvalue weighted by Gasteiger charge is 2.20. The Morgan fingerprint density at radius 1 is 1.27 bits per heavy atom. The molecule has 1 aromatic heterocycles. The lowest BCUT2D eigenvalue weighted by Gasteiger charge is -2.35. The minimum Gasteiger partial charge on any atom is -0.468 e. The van der Waals surface area contributed by atoms with Crippen LogP contribution < -0.4 is 4.90 Å². The highest BCUT2D eigenvalue weighted by molar-refractivity contribution is 6.31. The van der Waals surface area contributed by atoms with Crippen LogP contribution in [0.3, 0.4) is 0 Å². The summed E-state index contributed by atoms with van der Waals surface area (Å²) in [5, 5.41) is 1.78. The second-order valence-electron chi connectivity index (χ2n) is 5.33. The van der Waals surface area contributed by atoms with E-state index in [9.17, 15) is 4.79 Å². The smallest absolute Gasteiger partial charge is 0.319 e. The number of anilines is 1. The Labute approximate surface area is 134 Å². The molecular formula is C16H18ClN3O2. The molecule has 0 unspecified atom stereocenters. The number of nitrogens with zero attached hydrogens (tertiary/aromatic N) is 3. The zero-order valence-electron chi connectivity index (χ0n) is 12.5. The summed E-state index contributed by atoms with van der Waals surface area (Å²) in [6, 6.07) is 7.78. The van der Waals surface area contributed by atoms with Crippen LogP contribution in [0.5, 0.6) is 0 Å². The first-order valence-electron chi connectivity index (χ1n) is 7.26. The highest BCUT2D eigenvalue weighted by Crippen LogP contribution is 2.28. The van der Waals surface area contributed by atoms with Crippen molar-refractivity contribution in [2.45, 2.75) is 0 Å². The lowest BCUT2D eigenvalue weighted by Crippen LogP contribution is -2.48. The number of carbonyl (C=O) groups excluding carboxylic acids is 1. The Bertz CT molecular complexity index is 684. The normalized spacial score (nSPS) is 16.0. The summed E-state index contributed by atoms with van der Waals surface area (Å²) in [5.74, 6) is -0.186. The number of methoxy groups -OCH3 is 1. The highest BCUT2D eigenvalue weighted by atomic mass is 35.5. The minimum absolute atomic E-state index is 0.186. The van der Waals surface area contributed by atoms with E-state index in [2.05, 4.69) is 14.8 Å². The molecule has 0 spiro atoms. The number of fused-ring (bicyclic) bond motifs is 1. The Morgan fingerprint density at radius 2 is 2.05 bits per heavy atom. The molecule has 1 fully saturated rings. The Kier molecular flexibility index (Phi) is 4.45. The monoisotopic (exact) mass is 319 g/mol. The molecule has 22 heavy (non-hydrogen) atoms. The van der Waals surface area contributed by atoms with E-state index in [1.807, 2.05) is 30.5 Å². The summed E-state index contributed by atoms with van der Waals surface area (Å²) < 4.78 is 4.72. The fourth-order valence-corrected chi connectivity index (χ4v) is 2.95. The number of carbonyl (C=O) groups is 1. The molecule has 1 saturated heterocycles. The van der Waals surface area contributed by atoms with Gasteiger partial charge >= 0.3 is 5.97 Å². The average molecular weight is 320 g/mol. The van der Waals surface area contributed by atoms with Gasteiger partial charge in [0.15, 0.2) is 0 Å². The third-order valence-electron chi connectivity index (χ3n) is 3.97. The van der Waals surface area contributed by atoms with Gasteiger partial charge in [0.1, 0.15) is 0 Å². The lowest BCUT2D eigenvalue weighted by atomic mass is 10.1. The molecule has 1 aliphatic rings. The van der Waals surface area contributed by atoms with Gasteiger partial charge in [0, 0.05) is 48.5 Å². The molecule has 0 amide bonds. The first-order chi connectivity index (χ1) is 10.7. The molecule has 1 aliphatic heterocycles. The molecule has 2 heterocycles. The van der Waals surface area contributed by atoms with E-state index < -0.39 is 0 Å². The number of hydrogen-bond donors (Lipinski definition) is 0. The van der Waals surface area contributed by atoms with Crippen LogP contribution in [-0.4, -0.2) is 55.7 Å². The zero-order valence-corrected chi connectivity index (χ0v) is 13.2. The average Bonchev–Trinajstić information content (AvgIpc) is 2.55. The molecule has 0 atom stereocenters. The predicted molar refractivity (Wildman–Crippen MR) is 87.4 cm³/mol. The second-order valence-corrected chi connectivity index (χ2v) is 5.77. The van der Waals surface area contributed by atoms with Crippen LogP contribution in [0.2, 0.25) is 5.02 Å². The lowest BCUT2D eigenvalue weighted by molar-refractivity contribution is -0.142. The van der Waals surface area contributed by atoms with Crippen LogP contribution in [0, 0.1) is 0 Å². The van der Waals surface area contributed by atoms with Gasteiger partial charge in [-0.2, -0.15) is 0 Å². The van der Waals surface area contributed by atoms with Crippen LogP contribution in [-0.2, 0) is 9.53 Å². The van der Waals surface area contributed by atoms with E-state index in [0.717, 1.165) is 42.8 Å². The van der Waals surface area contributed by atoms with Gasteiger partial charge in [-0.1, -0.05) is 11.6 Å². The van der Waals surface area contributed by atoms with Gasteiger partial charge in [-0.3, -0.25) is 14.7 Å². The van der Waals surface area contributed by atoms with Gasteiger partial charge in [0.2, 0.25) is 0 Å². The Morgan fingerprint density at radius 3 is 2.77 bits per heavy atom. The maximum Gasteiger partial charge on any atom is 0.319 e. The van der Waals surface area contributed by atoms with Crippen molar-refractivity contribution < 1.29 is 9.53 Å². The van der Waals surface area contributed by atoms with Gasteiger partial charge < -0.3 is 9.64 Å².